The number of pyridine rings is 1. The molecule has 0 radical (unpaired) electrons. The summed E-state index contributed by atoms with van der Waals surface area (Å²) >= 11 is 0. The molecule has 18 heavy (non-hydrogen) atoms. The van der Waals surface area contributed by atoms with Crippen LogP contribution in [0.5, 0.6) is 0 Å². The van der Waals surface area contributed by atoms with Crippen LogP contribution in [-0.2, 0) is 0 Å². The molecule has 0 atom stereocenters. The monoisotopic (exact) mass is 233 g/mol. The number of benzene rings is 2. The fourth-order valence-electron chi connectivity index (χ4n) is 2.12. The molecule has 86 valence electrons. The summed E-state index contributed by atoms with van der Waals surface area (Å²) in [5, 5.41) is 1.10. The molecule has 0 amide bonds. The van der Waals surface area contributed by atoms with Gasteiger partial charge in [-0.15, -0.1) is 0 Å². The highest BCUT2D eigenvalue weighted by Crippen LogP contribution is 2.27. The minimum Gasteiger partial charge on any atom is -0.298 e. The highest BCUT2D eigenvalue weighted by atomic mass is 16.1. The summed E-state index contributed by atoms with van der Waals surface area (Å²) in [6, 6.07) is 17.6. The van der Waals surface area contributed by atoms with Gasteiger partial charge in [-0.05, 0) is 17.7 Å². The van der Waals surface area contributed by atoms with Gasteiger partial charge < -0.3 is 0 Å². The maximum atomic E-state index is 10.8. The molecule has 0 fully saturated rings. The summed E-state index contributed by atoms with van der Waals surface area (Å²) < 4.78 is 0. The molecular weight excluding hydrogens is 222 g/mol. The largest absolute Gasteiger partial charge is 0.298 e. The van der Waals surface area contributed by atoms with Gasteiger partial charge in [-0.2, -0.15) is 0 Å². The first kappa shape index (κ1) is 10.7. The summed E-state index contributed by atoms with van der Waals surface area (Å²) in [6.07, 6.45) is 2.65. The van der Waals surface area contributed by atoms with Crippen molar-refractivity contribution in [3.05, 3.63) is 66.4 Å². The maximum Gasteiger partial charge on any atom is 0.150 e. The smallest absolute Gasteiger partial charge is 0.150 e. The van der Waals surface area contributed by atoms with Crippen LogP contribution in [-0.4, -0.2) is 11.3 Å². The number of hydrogen-bond donors (Lipinski definition) is 0. The van der Waals surface area contributed by atoms with Crippen molar-refractivity contribution in [2.45, 2.75) is 0 Å². The standard InChI is InChI=1S/C16H11NO/c18-11-12-4-1-6-14(10-12)15-8-2-5-13-7-3-9-17-16(13)15/h1-11H. The van der Waals surface area contributed by atoms with Crippen LogP contribution in [0.25, 0.3) is 22.0 Å². The third-order valence-electron chi connectivity index (χ3n) is 2.97. The Kier molecular flexibility index (Phi) is 2.61. The lowest BCUT2D eigenvalue weighted by atomic mass is 10.0. The van der Waals surface area contributed by atoms with Gasteiger partial charge in [0.15, 0.2) is 0 Å². The van der Waals surface area contributed by atoms with E-state index in [1.165, 1.54) is 0 Å². The van der Waals surface area contributed by atoms with Crippen molar-refractivity contribution in [2.24, 2.45) is 0 Å². The van der Waals surface area contributed by atoms with Crippen molar-refractivity contribution < 1.29 is 4.79 Å². The second-order valence-corrected chi connectivity index (χ2v) is 4.12. The molecule has 2 nitrogen and oxygen atoms in total. The predicted octanol–water partition coefficient (Wildman–Crippen LogP) is 3.71. The summed E-state index contributed by atoms with van der Waals surface area (Å²) in [6.45, 7) is 0. The van der Waals surface area contributed by atoms with E-state index in [-0.39, 0.29) is 0 Å². The maximum absolute atomic E-state index is 10.8. The summed E-state index contributed by atoms with van der Waals surface area (Å²) in [5.41, 5.74) is 3.71. The van der Waals surface area contributed by atoms with Crippen LogP contribution in [0.15, 0.2) is 60.8 Å². The Morgan fingerprint density at radius 3 is 2.67 bits per heavy atom. The number of hydrogen-bond acceptors (Lipinski definition) is 2. The van der Waals surface area contributed by atoms with Crippen LogP contribution in [0.1, 0.15) is 10.4 Å². The Labute approximate surface area is 105 Å². The van der Waals surface area contributed by atoms with Crippen molar-refractivity contribution in [1.82, 2.24) is 4.98 Å². The van der Waals surface area contributed by atoms with Crippen molar-refractivity contribution in [3.63, 3.8) is 0 Å². The predicted molar refractivity (Wildman–Crippen MR) is 72.6 cm³/mol. The van der Waals surface area contributed by atoms with Gasteiger partial charge in [0.2, 0.25) is 0 Å². The number of fused-ring (bicyclic) bond motifs is 1. The van der Waals surface area contributed by atoms with Crippen molar-refractivity contribution in [3.8, 4) is 11.1 Å². The van der Waals surface area contributed by atoms with Crippen LogP contribution in [0.2, 0.25) is 0 Å². The number of carbonyl (C=O) groups is 1. The molecule has 0 saturated heterocycles. The van der Waals surface area contributed by atoms with Crippen LogP contribution in [0, 0.1) is 0 Å². The lowest BCUT2D eigenvalue weighted by Crippen LogP contribution is -1.86. The van der Waals surface area contributed by atoms with Gasteiger partial charge >= 0.3 is 0 Å². The third kappa shape index (κ3) is 1.78. The molecule has 0 unspecified atom stereocenters. The first-order valence-corrected chi connectivity index (χ1v) is 5.78. The molecule has 3 aromatic rings. The average molecular weight is 233 g/mol. The molecule has 0 N–H and O–H groups in total. The minimum absolute atomic E-state index is 0.681. The van der Waals surface area contributed by atoms with Gasteiger partial charge in [-0.3, -0.25) is 9.78 Å². The van der Waals surface area contributed by atoms with Crippen molar-refractivity contribution in [1.29, 1.82) is 0 Å². The third-order valence-corrected chi connectivity index (χ3v) is 2.97. The first-order valence-electron chi connectivity index (χ1n) is 5.78. The quantitative estimate of drug-likeness (QED) is 0.631. The highest BCUT2D eigenvalue weighted by Gasteiger charge is 2.04. The van der Waals surface area contributed by atoms with Crippen LogP contribution in [0.4, 0.5) is 0 Å². The van der Waals surface area contributed by atoms with Gasteiger partial charge in [0.25, 0.3) is 0 Å². The van der Waals surface area contributed by atoms with E-state index in [0.29, 0.717) is 5.56 Å². The van der Waals surface area contributed by atoms with Gasteiger partial charge in [0.1, 0.15) is 6.29 Å². The molecule has 1 heterocycles. The molecule has 1 aromatic heterocycles. The fourth-order valence-corrected chi connectivity index (χ4v) is 2.12. The molecule has 0 saturated carbocycles. The number of nitrogens with zero attached hydrogens (tertiary/aromatic N) is 1. The van der Waals surface area contributed by atoms with Crippen molar-refractivity contribution >= 4 is 17.2 Å². The van der Waals surface area contributed by atoms with Crippen LogP contribution >= 0.6 is 0 Å². The molecule has 0 bridgehead atoms. The molecule has 2 aromatic carbocycles. The van der Waals surface area contributed by atoms with E-state index in [1.807, 2.05) is 48.5 Å². The Morgan fingerprint density at radius 1 is 0.944 bits per heavy atom. The number of carbonyl (C=O) groups excluding carboxylic acids is 1. The molecule has 0 aliphatic heterocycles. The Hall–Kier alpha value is -2.48. The summed E-state index contributed by atoms with van der Waals surface area (Å²) in [4.78, 5) is 15.3. The van der Waals surface area contributed by atoms with E-state index in [1.54, 1.807) is 12.3 Å². The number of aromatic nitrogens is 1. The molecular formula is C16H11NO. The minimum atomic E-state index is 0.681. The van der Waals surface area contributed by atoms with E-state index >= 15 is 0 Å². The van der Waals surface area contributed by atoms with E-state index in [2.05, 4.69) is 4.98 Å². The zero-order chi connectivity index (χ0) is 12.4. The second-order valence-electron chi connectivity index (χ2n) is 4.12. The van der Waals surface area contributed by atoms with E-state index in [0.717, 1.165) is 28.3 Å². The van der Waals surface area contributed by atoms with Gasteiger partial charge in [0, 0.05) is 22.7 Å². The highest BCUT2D eigenvalue weighted by molar-refractivity contribution is 5.94. The molecule has 2 heteroatoms. The van der Waals surface area contributed by atoms with Gasteiger partial charge in [-0.1, -0.05) is 42.5 Å². The van der Waals surface area contributed by atoms with E-state index in [4.69, 9.17) is 0 Å². The number of aldehydes is 1. The number of rotatable bonds is 2. The van der Waals surface area contributed by atoms with Gasteiger partial charge in [0.05, 0.1) is 5.52 Å². The molecule has 3 rings (SSSR count). The van der Waals surface area contributed by atoms with E-state index < -0.39 is 0 Å². The fraction of sp³-hybridized carbons (Fsp3) is 0. The van der Waals surface area contributed by atoms with Gasteiger partial charge in [-0.25, -0.2) is 0 Å². The summed E-state index contributed by atoms with van der Waals surface area (Å²) in [5.74, 6) is 0. The number of para-hydroxylation sites is 1. The molecule has 0 aliphatic carbocycles. The zero-order valence-corrected chi connectivity index (χ0v) is 9.71. The topological polar surface area (TPSA) is 30.0 Å². The Balaban J connectivity index is 2.27. The normalized spacial score (nSPS) is 10.4. The summed E-state index contributed by atoms with van der Waals surface area (Å²) in [7, 11) is 0. The van der Waals surface area contributed by atoms with Crippen molar-refractivity contribution in [2.75, 3.05) is 0 Å². The Bertz CT molecular complexity index is 714. The van der Waals surface area contributed by atoms with Crippen LogP contribution < -0.4 is 0 Å². The molecule has 0 spiro atoms. The SMILES string of the molecule is O=Cc1cccc(-c2cccc3cccnc23)c1. The Morgan fingerprint density at radius 2 is 1.78 bits per heavy atom. The molecule has 0 aliphatic rings. The van der Waals surface area contributed by atoms with Crippen LogP contribution in [0.3, 0.4) is 0 Å². The second kappa shape index (κ2) is 4.41. The lowest BCUT2D eigenvalue weighted by Gasteiger charge is -2.06. The first-order chi connectivity index (χ1) is 8.88. The average Bonchev–Trinajstić information content (AvgIpc) is 2.47. The zero-order valence-electron chi connectivity index (χ0n) is 9.71. The lowest BCUT2D eigenvalue weighted by molar-refractivity contribution is 0.112. The van der Waals surface area contributed by atoms with E-state index in [9.17, 15) is 4.79 Å².